The average molecular weight is 215 g/mol. The maximum Gasteiger partial charge on any atom is 0.417 e. The molecule has 5 heteroatoms. The molecule has 2 nitrogen and oxygen atoms in total. The smallest absolute Gasteiger partial charge is 0.299 e. The van der Waals surface area contributed by atoms with E-state index in [1.54, 1.807) is 0 Å². The molecule has 1 heterocycles. The minimum Gasteiger partial charge on any atom is -0.299 e. The molecule has 0 N–H and O–H groups in total. The van der Waals surface area contributed by atoms with Gasteiger partial charge >= 0.3 is 6.18 Å². The van der Waals surface area contributed by atoms with Gasteiger partial charge in [0.15, 0.2) is 0 Å². The van der Waals surface area contributed by atoms with Crippen LogP contribution < -0.4 is 0 Å². The summed E-state index contributed by atoms with van der Waals surface area (Å²) in [6, 6.07) is 1.03. The molecule has 0 unspecified atom stereocenters. The predicted molar refractivity (Wildman–Crippen MR) is 46.3 cm³/mol. The molecule has 1 aliphatic rings. The van der Waals surface area contributed by atoms with Crippen LogP contribution in [0.4, 0.5) is 13.2 Å². The van der Waals surface area contributed by atoms with E-state index in [9.17, 15) is 18.0 Å². The third-order valence-electron chi connectivity index (χ3n) is 2.42. The third kappa shape index (κ3) is 2.00. The molecule has 0 spiro atoms. The molecule has 0 aliphatic heterocycles. The minimum absolute atomic E-state index is 0.0244. The number of pyridine rings is 1. The first kappa shape index (κ1) is 10.1. The molecule has 0 atom stereocenters. The van der Waals surface area contributed by atoms with E-state index >= 15 is 0 Å². The number of alkyl halides is 3. The van der Waals surface area contributed by atoms with Crippen LogP contribution in [0.3, 0.4) is 0 Å². The van der Waals surface area contributed by atoms with Crippen molar-refractivity contribution in [3.05, 3.63) is 29.1 Å². The Bertz CT molecular complexity index is 412. The normalized spacial score (nSPS) is 16.3. The number of Topliss-reactive ketones (excluding diaryl/α,β-unsaturated/α-hetero) is 1. The molecular weight excluding hydrogens is 207 g/mol. The summed E-state index contributed by atoms with van der Waals surface area (Å²) < 4.78 is 37.0. The van der Waals surface area contributed by atoms with Crippen LogP contribution >= 0.6 is 0 Å². The van der Waals surface area contributed by atoms with E-state index in [2.05, 4.69) is 4.98 Å². The lowest BCUT2D eigenvalue weighted by atomic mass is 9.94. The lowest BCUT2D eigenvalue weighted by Crippen LogP contribution is -2.17. The number of carbonyl (C=O) groups excluding carboxylic acids is 1. The van der Waals surface area contributed by atoms with Gasteiger partial charge < -0.3 is 0 Å². The molecular formula is C10H8F3NO. The number of carbonyl (C=O) groups is 1. The first-order valence-corrected chi connectivity index (χ1v) is 4.53. The zero-order chi connectivity index (χ0) is 11.1. The van der Waals surface area contributed by atoms with E-state index in [-0.39, 0.29) is 12.2 Å². The predicted octanol–water partition coefficient (Wildman–Crippen LogP) is 2.16. The zero-order valence-corrected chi connectivity index (χ0v) is 7.77. The maximum absolute atomic E-state index is 12.3. The second-order valence-corrected chi connectivity index (χ2v) is 3.54. The standard InChI is InChI=1S/C10H8F3NO/c11-10(12,13)7-3-6-4-8(15)1-2-9(6)14-5-7/h3,5H,1-2,4H2. The highest BCUT2D eigenvalue weighted by molar-refractivity contribution is 5.82. The van der Waals surface area contributed by atoms with Crippen molar-refractivity contribution in [1.29, 1.82) is 0 Å². The van der Waals surface area contributed by atoms with Gasteiger partial charge in [0.25, 0.3) is 0 Å². The summed E-state index contributed by atoms with van der Waals surface area (Å²) >= 11 is 0. The van der Waals surface area contributed by atoms with Gasteiger partial charge in [-0.3, -0.25) is 9.78 Å². The number of aromatic nitrogens is 1. The number of rotatable bonds is 0. The van der Waals surface area contributed by atoms with Gasteiger partial charge in [-0.25, -0.2) is 0 Å². The Balaban J connectivity index is 2.41. The molecule has 0 radical (unpaired) electrons. The molecule has 15 heavy (non-hydrogen) atoms. The van der Waals surface area contributed by atoms with E-state index < -0.39 is 11.7 Å². The summed E-state index contributed by atoms with van der Waals surface area (Å²) in [7, 11) is 0. The first-order chi connectivity index (χ1) is 6.97. The van der Waals surface area contributed by atoms with Crippen LogP contribution in [-0.2, 0) is 23.8 Å². The number of halogens is 3. The SMILES string of the molecule is O=C1CCc2ncc(C(F)(F)F)cc2C1. The molecule has 2 rings (SSSR count). The summed E-state index contributed by atoms with van der Waals surface area (Å²) in [5.74, 6) is -0.0244. The van der Waals surface area contributed by atoms with E-state index in [0.717, 1.165) is 12.3 Å². The van der Waals surface area contributed by atoms with Gasteiger partial charge in [-0.2, -0.15) is 13.2 Å². The Hall–Kier alpha value is -1.39. The average Bonchev–Trinajstić information content (AvgIpc) is 2.15. The summed E-state index contributed by atoms with van der Waals surface area (Å²) in [5, 5.41) is 0. The number of aryl methyl sites for hydroxylation is 1. The van der Waals surface area contributed by atoms with Gasteiger partial charge in [0.2, 0.25) is 0 Å². The van der Waals surface area contributed by atoms with E-state index in [1.165, 1.54) is 0 Å². The van der Waals surface area contributed by atoms with Crippen molar-refractivity contribution in [2.75, 3.05) is 0 Å². The lowest BCUT2D eigenvalue weighted by Gasteiger charge is -2.15. The van der Waals surface area contributed by atoms with Crippen LogP contribution in [0.1, 0.15) is 23.2 Å². The molecule has 0 bridgehead atoms. The molecule has 0 saturated heterocycles. The number of hydrogen-bond donors (Lipinski definition) is 0. The Morgan fingerprint density at radius 3 is 2.67 bits per heavy atom. The summed E-state index contributed by atoms with van der Waals surface area (Å²) in [6.45, 7) is 0. The molecule has 1 aromatic rings. The van der Waals surface area contributed by atoms with Gasteiger partial charge in [-0.15, -0.1) is 0 Å². The Labute approximate surface area is 84.1 Å². The van der Waals surface area contributed by atoms with Crippen LogP contribution in [0.25, 0.3) is 0 Å². The van der Waals surface area contributed by atoms with Gasteiger partial charge in [0.1, 0.15) is 5.78 Å². The van der Waals surface area contributed by atoms with E-state index in [4.69, 9.17) is 0 Å². The molecule has 0 saturated carbocycles. The number of ketones is 1. The van der Waals surface area contributed by atoms with Crippen molar-refractivity contribution in [3.8, 4) is 0 Å². The number of hydrogen-bond acceptors (Lipinski definition) is 2. The van der Waals surface area contributed by atoms with Crippen LogP contribution in [0.2, 0.25) is 0 Å². The van der Waals surface area contributed by atoms with Crippen LogP contribution in [-0.4, -0.2) is 10.8 Å². The molecule has 0 amide bonds. The molecule has 80 valence electrons. The van der Waals surface area contributed by atoms with Crippen molar-refractivity contribution in [2.45, 2.75) is 25.4 Å². The fourth-order valence-electron chi connectivity index (χ4n) is 1.63. The van der Waals surface area contributed by atoms with Crippen LogP contribution in [0, 0.1) is 0 Å². The highest BCUT2D eigenvalue weighted by Crippen LogP contribution is 2.30. The Morgan fingerprint density at radius 1 is 1.27 bits per heavy atom. The summed E-state index contributed by atoms with van der Waals surface area (Å²) in [6.07, 6.45) is -2.65. The molecule has 1 aliphatic carbocycles. The molecule has 1 aromatic heterocycles. The number of nitrogens with zero attached hydrogens (tertiary/aromatic N) is 1. The Kier molecular flexibility index (Phi) is 2.25. The lowest BCUT2D eigenvalue weighted by molar-refractivity contribution is -0.138. The zero-order valence-electron chi connectivity index (χ0n) is 7.77. The van der Waals surface area contributed by atoms with E-state index in [1.807, 2.05) is 0 Å². The van der Waals surface area contributed by atoms with Gasteiger partial charge in [-0.05, 0) is 18.1 Å². The largest absolute Gasteiger partial charge is 0.417 e. The van der Waals surface area contributed by atoms with Crippen molar-refractivity contribution in [1.82, 2.24) is 4.98 Å². The van der Waals surface area contributed by atoms with Crippen molar-refractivity contribution in [3.63, 3.8) is 0 Å². The van der Waals surface area contributed by atoms with Gasteiger partial charge in [0, 0.05) is 24.7 Å². The third-order valence-corrected chi connectivity index (χ3v) is 2.42. The summed E-state index contributed by atoms with van der Waals surface area (Å²) in [4.78, 5) is 14.8. The van der Waals surface area contributed by atoms with Crippen LogP contribution in [0.15, 0.2) is 12.3 Å². The fourth-order valence-corrected chi connectivity index (χ4v) is 1.63. The maximum atomic E-state index is 12.3. The molecule has 0 fully saturated rings. The second kappa shape index (κ2) is 3.32. The topological polar surface area (TPSA) is 30.0 Å². The molecule has 0 aromatic carbocycles. The van der Waals surface area contributed by atoms with Crippen molar-refractivity contribution in [2.24, 2.45) is 0 Å². The van der Waals surface area contributed by atoms with Crippen molar-refractivity contribution < 1.29 is 18.0 Å². The van der Waals surface area contributed by atoms with E-state index in [0.29, 0.717) is 24.1 Å². The highest BCUT2D eigenvalue weighted by Gasteiger charge is 2.32. The fraction of sp³-hybridized carbons (Fsp3) is 0.400. The highest BCUT2D eigenvalue weighted by atomic mass is 19.4. The number of fused-ring (bicyclic) bond motifs is 1. The second-order valence-electron chi connectivity index (χ2n) is 3.54. The monoisotopic (exact) mass is 215 g/mol. The van der Waals surface area contributed by atoms with Crippen LogP contribution in [0.5, 0.6) is 0 Å². The first-order valence-electron chi connectivity index (χ1n) is 4.53. The minimum atomic E-state index is -4.39. The Morgan fingerprint density at radius 2 is 2.00 bits per heavy atom. The summed E-state index contributed by atoms with van der Waals surface area (Å²) in [5.41, 5.74) is 0.250. The van der Waals surface area contributed by atoms with Gasteiger partial charge in [-0.1, -0.05) is 0 Å². The quantitative estimate of drug-likeness (QED) is 0.663. The van der Waals surface area contributed by atoms with Crippen molar-refractivity contribution >= 4 is 5.78 Å². The van der Waals surface area contributed by atoms with Gasteiger partial charge in [0.05, 0.1) is 5.56 Å².